The van der Waals surface area contributed by atoms with Crippen molar-refractivity contribution in [3.8, 4) is 11.5 Å². The summed E-state index contributed by atoms with van der Waals surface area (Å²) >= 11 is 0. The van der Waals surface area contributed by atoms with E-state index in [4.69, 9.17) is 14.2 Å². The van der Waals surface area contributed by atoms with Gasteiger partial charge in [-0.2, -0.15) is 0 Å². The highest BCUT2D eigenvalue weighted by molar-refractivity contribution is 6.35. The number of rotatable bonds is 8. The topological polar surface area (TPSA) is 61.8 Å². The number of esters is 1. The second-order valence-electron chi connectivity index (χ2n) is 8.21. The first-order chi connectivity index (χ1) is 16.0. The summed E-state index contributed by atoms with van der Waals surface area (Å²) < 4.78 is 15.8. The summed E-state index contributed by atoms with van der Waals surface area (Å²) in [4.78, 5) is 25.5. The smallest absolute Gasteiger partial charge is 0.374 e. The van der Waals surface area contributed by atoms with Gasteiger partial charge in [0.15, 0.2) is 0 Å². The van der Waals surface area contributed by atoms with E-state index in [9.17, 15) is 9.59 Å². The summed E-state index contributed by atoms with van der Waals surface area (Å²) in [5, 5.41) is 0. The zero-order valence-electron chi connectivity index (χ0n) is 19.1. The molecule has 1 aliphatic carbocycles. The second-order valence-corrected chi connectivity index (χ2v) is 8.21. The summed E-state index contributed by atoms with van der Waals surface area (Å²) in [6.45, 7) is 1.88. The molecule has 5 heteroatoms. The van der Waals surface area contributed by atoms with Crippen LogP contribution in [-0.2, 0) is 19.7 Å². The molecule has 1 fully saturated rings. The molecule has 0 aliphatic heterocycles. The molecular formula is C28H28O5. The summed E-state index contributed by atoms with van der Waals surface area (Å²) in [5.74, 6) is -0.408. The largest absolute Gasteiger partial charge is 0.497 e. The van der Waals surface area contributed by atoms with Crippen molar-refractivity contribution in [2.75, 3.05) is 20.8 Å². The average molecular weight is 445 g/mol. The molecule has 0 amide bonds. The van der Waals surface area contributed by atoms with E-state index in [0.29, 0.717) is 6.42 Å². The molecule has 3 aromatic rings. The van der Waals surface area contributed by atoms with E-state index in [2.05, 4.69) is 0 Å². The predicted molar refractivity (Wildman–Crippen MR) is 126 cm³/mol. The lowest BCUT2D eigenvalue weighted by molar-refractivity contribution is -0.158. The van der Waals surface area contributed by atoms with Crippen molar-refractivity contribution in [3.05, 3.63) is 95.6 Å². The van der Waals surface area contributed by atoms with Gasteiger partial charge in [-0.15, -0.1) is 0 Å². The molecule has 0 bridgehead atoms. The third-order valence-electron chi connectivity index (χ3n) is 6.66. The normalized spacial score (nSPS) is 18.6. The maximum absolute atomic E-state index is 13.1. The maximum atomic E-state index is 13.1. The van der Waals surface area contributed by atoms with Crippen molar-refractivity contribution in [1.82, 2.24) is 0 Å². The Bertz CT molecular complexity index is 1060. The Morgan fingerprint density at radius 1 is 0.818 bits per heavy atom. The molecule has 0 radical (unpaired) electrons. The molecule has 170 valence electrons. The molecule has 0 heterocycles. The number of benzene rings is 3. The number of ketones is 1. The van der Waals surface area contributed by atoms with E-state index >= 15 is 0 Å². The fourth-order valence-corrected chi connectivity index (χ4v) is 5.09. The SMILES string of the molecule is CCOC(=O)C(=O)[C@@H]1CC(c2ccc(OC)cc2)(c2ccc(OC)cc2)[C@H]1c1ccccc1. The van der Waals surface area contributed by atoms with Crippen molar-refractivity contribution in [2.24, 2.45) is 5.92 Å². The van der Waals surface area contributed by atoms with Crippen LogP contribution in [0.1, 0.15) is 36.0 Å². The Balaban J connectivity index is 1.87. The van der Waals surface area contributed by atoms with Crippen LogP contribution in [0, 0.1) is 5.92 Å². The molecule has 1 saturated carbocycles. The fraction of sp³-hybridized carbons (Fsp3) is 0.286. The molecule has 2 atom stereocenters. The van der Waals surface area contributed by atoms with Gasteiger partial charge in [0, 0.05) is 17.3 Å². The Morgan fingerprint density at radius 2 is 1.33 bits per heavy atom. The molecule has 0 aromatic heterocycles. The van der Waals surface area contributed by atoms with E-state index < -0.39 is 23.1 Å². The molecule has 0 unspecified atom stereocenters. The van der Waals surface area contributed by atoms with Crippen molar-refractivity contribution in [1.29, 1.82) is 0 Å². The Morgan fingerprint density at radius 3 is 1.79 bits per heavy atom. The summed E-state index contributed by atoms with van der Waals surface area (Å²) in [6, 6.07) is 25.8. The van der Waals surface area contributed by atoms with Crippen LogP contribution in [0.2, 0.25) is 0 Å². The van der Waals surface area contributed by atoms with E-state index in [-0.39, 0.29) is 12.5 Å². The molecule has 0 saturated heterocycles. The first-order valence-electron chi connectivity index (χ1n) is 11.1. The lowest BCUT2D eigenvalue weighted by atomic mass is 9.46. The van der Waals surface area contributed by atoms with Gasteiger partial charge in [0.05, 0.1) is 20.8 Å². The molecule has 0 N–H and O–H groups in total. The van der Waals surface area contributed by atoms with Crippen molar-refractivity contribution in [2.45, 2.75) is 24.7 Å². The average Bonchev–Trinajstić information content (AvgIpc) is 2.85. The van der Waals surface area contributed by atoms with Crippen LogP contribution in [0.4, 0.5) is 0 Å². The van der Waals surface area contributed by atoms with Crippen molar-refractivity contribution in [3.63, 3.8) is 0 Å². The molecule has 0 spiro atoms. The minimum absolute atomic E-state index is 0.176. The van der Waals surface area contributed by atoms with Crippen LogP contribution in [0.25, 0.3) is 0 Å². The van der Waals surface area contributed by atoms with Crippen LogP contribution >= 0.6 is 0 Å². The van der Waals surface area contributed by atoms with Gasteiger partial charge in [0.25, 0.3) is 0 Å². The monoisotopic (exact) mass is 444 g/mol. The van der Waals surface area contributed by atoms with Crippen molar-refractivity contribution >= 4 is 11.8 Å². The van der Waals surface area contributed by atoms with E-state index in [1.165, 1.54) is 0 Å². The van der Waals surface area contributed by atoms with Gasteiger partial charge in [0.1, 0.15) is 11.5 Å². The number of hydrogen-bond acceptors (Lipinski definition) is 5. The Hall–Kier alpha value is -3.60. The van der Waals surface area contributed by atoms with Crippen LogP contribution < -0.4 is 9.47 Å². The molecule has 4 rings (SSSR count). The van der Waals surface area contributed by atoms with Crippen LogP contribution in [0.15, 0.2) is 78.9 Å². The van der Waals surface area contributed by atoms with Crippen LogP contribution in [0.5, 0.6) is 11.5 Å². The molecule has 5 nitrogen and oxygen atoms in total. The summed E-state index contributed by atoms with van der Waals surface area (Å²) in [6.07, 6.45) is 0.503. The van der Waals surface area contributed by atoms with Crippen molar-refractivity contribution < 1.29 is 23.8 Å². The summed E-state index contributed by atoms with van der Waals surface area (Å²) in [5.41, 5.74) is 2.65. The number of Topliss-reactive ketones (excluding diaryl/α,β-unsaturated/α-hetero) is 1. The van der Waals surface area contributed by atoms with Crippen LogP contribution in [-0.4, -0.2) is 32.6 Å². The maximum Gasteiger partial charge on any atom is 0.374 e. The standard InChI is InChI=1S/C28H28O5/c1-4-33-27(30)26(29)24-18-28(20-10-14-22(31-2)15-11-20,21-12-16-23(32-3)17-13-21)25(24)19-8-6-5-7-9-19/h5-17,24-25H,4,18H2,1-3H3/t24-,25+/m1/s1. The lowest BCUT2D eigenvalue weighted by Gasteiger charge is -2.55. The zero-order chi connectivity index (χ0) is 23.4. The molecule has 33 heavy (non-hydrogen) atoms. The Labute approximate surface area is 194 Å². The first kappa shape index (κ1) is 22.6. The van der Waals surface area contributed by atoms with E-state index in [1.54, 1.807) is 21.1 Å². The highest BCUT2D eigenvalue weighted by Gasteiger charge is 2.59. The lowest BCUT2D eigenvalue weighted by Crippen LogP contribution is -2.54. The predicted octanol–water partition coefficient (Wildman–Crippen LogP) is 4.93. The third kappa shape index (κ3) is 3.99. The third-order valence-corrected chi connectivity index (χ3v) is 6.66. The number of ether oxygens (including phenoxy) is 3. The fourth-order valence-electron chi connectivity index (χ4n) is 5.09. The van der Waals surface area contributed by atoms with Gasteiger partial charge in [-0.05, 0) is 54.3 Å². The van der Waals surface area contributed by atoms with Gasteiger partial charge in [-0.25, -0.2) is 4.79 Å². The quantitative estimate of drug-likeness (QED) is 0.364. The summed E-state index contributed by atoms with van der Waals surface area (Å²) in [7, 11) is 3.27. The first-order valence-corrected chi connectivity index (χ1v) is 11.1. The number of carbonyl (C=O) groups is 2. The van der Waals surface area contributed by atoms with Gasteiger partial charge in [-0.1, -0.05) is 54.6 Å². The molecule has 3 aromatic carbocycles. The van der Waals surface area contributed by atoms with Gasteiger partial charge in [0.2, 0.25) is 5.78 Å². The highest BCUT2D eigenvalue weighted by atomic mass is 16.5. The number of methoxy groups -OCH3 is 2. The number of hydrogen-bond donors (Lipinski definition) is 0. The second kappa shape index (κ2) is 9.49. The van der Waals surface area contributed by atoms with Gasteiger partial charge < -0.3 is 14.2 Å². The van der Waals surface area contributed by atoms with Gasteiger partial charge >= 0.3 is 5.97 Å². The molecular weight excluding hydrogens is 416 g/mol. The van der Waals surface area contributed by atoms with Gasteiger partial charge in [-0.3, -0.25) is 4.79 Å². The van der Waals surface area contributed by atoms with E-state index in [0.717, 1.165) is 28.2 Å². The zero-order valence-corrected chi connectivity index (χ0v) is 19.1. The molecule has 1 aliphatic rings. The van der Waals surface area contributed by atoms with E-state index in [1.807, 2.05) is 78.9 Å². The minimum atomic E-state index is -0.763. The Kier molecular flexibility index (Phi) is 6.50. The minimum Gasteiger partial charge on any atom is -0.497 e. The number of carbonyl (C=O) groups excluding carboxylic acids is 2. The highest BCUT2D eigenvalue weighted by Crippen LogP contribution is 2.62. The van der Waals surface area contributed by atoms with Crippen LogP contribution in [0.3, 0.4) is 0 Å².